The quantitative estimate of drug-likeness (QED) is 0.243. The third-order valence-electron chi connectivity index (χ3n) is 3.99. The number of hydrogen-bond acceptors (Lipinski definition) is 8. The van der Waals surface area contributed by atoms with Crippen molar-refractivity contribution in [3.05, 3.63) is 52.4 Å². The summed E-state index contributed by atoms with van der Waals surface area (Å²) in [5, 5.41) is 0.717. The van der Waals surface area contributed by atoms with Gasteiger partial charge in [0.15, 0.2) is 6.61 Å². The van der Waals surface area contributed by atoms with E-state index in [0.29, 0.717) is 35.3 Å². The van der Waals surface area contributed by atoms with Crippen LogP contribution in [0.2, 0.25) is 0 Å². The predicted octanol–water partition coefficient (Wildman–Crippen LogP) is 2.33. The minimum Gasteiger partial charge on any atom is -0.481 e. The third kappa shape index (κ3) is 6.76. The number of esters is 2. The number of benzene rings is 1. The Kier molecular flexibility index (Phi) is 8.42. The molecule has 0 saturated heterocycles. The van der Waals surface area contributed by atoms with E-state index in [-0.39, 0.29) is 32.2 Å². The lowest BCUT2D eigenvalue weighted by Crippen LogP contribution is -2.16. The topological polar surface area (TPSA) is 101 Å². The van der Waals surface area contributed by atoms with Crippen molar-refractivity contribution < 1.29 is 33.0 Å². The lowest BCUT2D eigenvalue weighted by Gasteiger charge is -2.13. The SMILES string of the molecule is C=CCOC(=O)COc1cc2oc(=O)cc(C)c2cc1CCC(=O)OCCOC. The number of ether oxygens (including phenoxy) is 4. The fourth-order valence-electron chi connectivity index (χ4n) is 2.60. The molecule has 0 amide bonds. The number of carbonyl (C=O) groups is 2. The summed E-state index contributed by atoms with van der Waals surface area (Å²) in [5.41, 5.74) is 1.25. The van der Waals surface area contributed by atoms with E-state index in [2.05, 4.69) is 6.58 Å². The van der Waals surface area contributed by atoms with Crippen LogP contribution in [0, 0.1) is 6.92 Å². The van der Waals surface area contributed by atoms with Gasteiger partial charge in [0, 0.05) is 31.0 Å². The monoisotopic (exact) mass is 404 g/mol. The largest absolute Gasteiger partial charge is 0.481 e. The Labute approximate surface area is 168 Å². The van der Waals surface area contributed by atoms with Crippen LogP contribution in [0.3, 0.4) is 0 Å². The molecule has 1 aromatic heterocycles. The molecular formula is C21H24O8. The molecule has 8 heteroatoms. The van der Waals surface area contributed by atoms with Gasteiger partial charge < -0.3 is 23.4 Å². The first kappa shape index (κ1) is 22.2. The molecule has 1 heterocycles. The van der Waals surface area contributed by atoms with Crippen LogP contribution in [-0.2, 0) is 30.2 Å². The van der Waals surface area contributed by atoms with Crippen molar-refractivity contribution in [1.82, 2.24) is 0 Å². The van der Waals surface area contributed by atoms with E-state index in [1.807, 2.05) is 0 Å². The first-order chi connectivity index (χ1) is 13.9. The molecule has 0 bridgehead atoms. The molecule has 2 rings (SSSR count). The van der Waals surface area contributed by atoms with Crippen LogP contribution in [0.1, 0.15) is 17.5 Å². The highest BCUT2D eigenvalue weighted by Crippen LogP contribution is 2.28. The van der Waals surface area contributed by atoms with Crippen LogP contribution < -0.4 is 10.4 Å². The van der Waals surface area contributed by atoms with Gasteiger partial charge in [-0.05, 0) is 30.5 Å². The first-order valence-electron chi connectivity index (χ1n) is 9.06. The van der Waals surface area contributed by atoms with Gasteiger partial charge in [-0.3, -0.25) is 4.79 Å². The minimum atomic E-state index is -0.569. The zero-order valence-corrected chi connectivity index (χ0v) is 16.5. The Morgan fingerprint density at radius 2 is 1.93 bits per heavy atom. The average molecular weight is 404 g/mol. The maximum Gasteiger partial charge on any atom is 0.344 e. The highest BCUT2D eigenvalue weighted by atomic mass is 16.6. The summed E-state index contributed by atoms with van der Waals surface area (Å²) in [7, 11) is 1.52. The lowest BCUT2D eigenvalue weighted by molar-refractivity contribution is -0.145. The Morgan fingerprint density at radius 3 is 2.66 bits per heavy atom. The van der Waals surface area contributed by atoms with E-state index in [1.54, 1.807) is 13.0 Å². The number of fused-ring (bicyclic) bond motifs is 1. The van der Waals surface area contributed by atoms with Crippen LogP contribution in [0.4, 0.5) is 0 Å². The van der Waals surface area contributed by atoms with E-state index in [9.17, 15) is 14.4 Å². The molecule has 29 heavy (non-hydrogen) atoms. The number of rotatable bonds is 11. The zero-order valence-electron chi connectivity index (χ0n) is 16.5. The minimum absolute atomic E-state index is 0.0775. The second-order valence-corrected chi connectivity index (χ2v) is 6.18. The summed E-state index contributed by atoms with van der Waals surface area (Å²) in [6.45, 7) is 5.50. The summed E-state index contributed by atoms with van der Waals surface area (Å²) in [4.78, 5) is 35.3. The van der Waals surface area contributed by atoms with Gasteiger partial charge in [0.2, 0.25) is 0 Å². The summed E-state index contributed by atoms with van der Waals surface area (Å²) in [6, 6.07) is 4.70. The van der Waals surface area contributed by atoms with Crippen molar-refractivity contribution in [3.63, 3.8) is 0 Å². The Hall–Kier alpha value is -3.13. The highest BCUT2D eigenvalue weighted by Gasteiger charge is 2.14. The number of aryl methyl sites for hydroxylation is 2. The van der Waals surface area contributed by atoms with Gasteiger partial charge in [0.1, 0.15) is 24.5 Å². The Balaban J connectivity index is 2.22. The molecule has 0 spiro atoms. The van der Waals surface area contributed by atoms with Crippen LogP contribution in [0.25, 0.3) is 11.0 Å². The second-order valence-electron chi connectivity index (χ2n) is 6.18. The normalized spacial score (nSPS) is 10.6. The summed E-state index contributed by atoms with van der Waals surface area (Å²) in [6.07, 6.45) is 1.88. The molecule has 0 atom stereocenters. The fourth-order valence-corrected chi connectivity index (χ4v) is 2.60. The molecule has 0 unspecified atom stereocenters. The van der Waals surface area contributed by atoms with E-state index < -0.39 is 11.6 Å². The molecule has 2 aromatic rings. The third-order valence-corrected chi connectivity index (χ3v) is 3.99. The molecule has 0 saturated carbocycles. The number of carbonyl (C=O) groups excluding carboxylic acids is 2. The van der Waals surface area contributed by atoms with E-state index in [1.165, 1.54) is 25.3 Å². The van der Waals surface area contributed by atoms with Gasteiger partial charge in [0.25, 0.3) is 0 Å². The Bertz CT molecular complexity index is 928. The molecule has 0 aliphatic rings. The lowest BCUT2D eigenvalue weighted by atomic mass is 10.0. The van der Waals surface area contributed by atoms with Crippen molar-refractivity contribution >= 4 is 22.9 Å². The van der Waals surface area contributed by atoms with Gasteiger partial charge in [-0.15, -0.1) is 0 Å². The molecule has 8 nitrogen and oxygen atoms in total. The van der Waals surface area contributed by atoms with E-state index in [4.69, 9.17) is 23.4 Å². The zero-order chi connectivity index (χ0) is 21.2. The molecule has 1 aromatic carbocycles. The smallest absolute Gasteiger partial charge is 0.344 e. The highest BCUT2D eigenvalue weighted by molar-refractivity contribution is 5.83. The van der Waals surface area contributed by atoms with Crippen LogP contribution in [0.15, 0.2) is 40.1 Å². The van der Waals surface area contributed by atoms with Crippen molar-refractivity contribution in [3.8, 4) is 5.75 Å². The summed E-state index contributed by atoms with van der Waals surface area (Å²) >= 11 is 0. The van der Waals surface area contributed by atoms with Crippen molar-refractivity contribution in [1.29, 1.82) is 0 Å². The molecular weight excluding hydrogens is 380 g/mol. The van der Waals surface area contributed by atoms with Gasteiger partial charge in [-0.2, -0.15) is 0 Å². The molecule has 0 fully saturated rings. The van der Waals surface area contributed by atoms with Crippen molar-refractivity contribution in [2.24, 2.45) is 0 Å². The van der Waals surface area contributed by atoms with E-state index in [0.717, 1.165) is 5.56 Å². The van der Waals surface area contributed by atoms with Crippen molar-refractivity contribution in [2.45, 2.75) is 19.8 Å². The fraction of sp³-hybridized carbons (Fsp3) is 0.381. The van der Waals surface area contributed by atoms with Crippen LogP contribution >= 0.6 is 0 Å². The molecule has 0 aliphatic carbocycles. The maximum absolute atomic E-state index is 11.9. The Morgan fingerprint density at radius 1 is 1.14 bits per heavy atom. The van der Waals surface area contributed by atoms with Gasteiger partial charge in [0.05, 0.1) is 6.61 Å². The number of hydrogen-bond donors (Lipinski definition) is 0. The molecule has 156 valence electrons. The maximum atomic E-state index is 11.9. The molecule has 0 aliphatic heterocycles. The first-order valence-corrected chi connectivity index (χ1v) is 9.06. The van der Waals surface area contributed by atoms with E-state index >= 15 is 0 Å². The standard InChI is InChI=1S/C21H24O8/c1-4-7-26-21(24)13-28-17-12-18-16(14(2)10-20(23)29-18)11-15(17)5-6-19(22)27-9-8-25-3/h4,10-12H,1,5-9,13H2,2-3H3. The van der Waals surface area contributed by atoms with Crippen LogP contribution in [-0.4, -0.2) is 45.5 Å². The van der Waals surface area contributed by atoms with Gasteiger partial charge in [-0.25, -0.2) is 9.59 Å². The molecule has 0 radical (unpaired) electrons. The molecule has 0 N–H and O–H groups in total. The van der Waals surface area contributed by atoms with Crippen LogP contribution in [0.5, 0.6) is 5.75 Å². The summed E-state index contributed by atoms with van der Waals surface area (Å²) in [5.74, 6) is -0.623. The number of methoxy groups -OCH3 is 1. The second kappa shape index (κ2) is 11.0. The van der Waals surface area contributed by atoms with Gasteiger partial charge >= 0.3 is 17.6 Å². The average Bonchev–Trinajstić information content (AvgIpc) is 2.69. The summed E-state index contributed by atoms with van der Waals surface area (Å²) < 4.78 is 25.6. The van der Waals surface area contributed by atoms with Crippen molar-refractivity contribution in [2.75, 3.05) is 33.5 Å². The van der Waals surface area contributed by atoms with Gasteiger partial charge in [-0.1, -0.05) is 12.7 Å². The predicted molar refractivity (Wildman–Crippen MR) is 105 cm³/mol.